The SMILES string of the molecule is COc1c(C)cc(C(=O)N2CCC(n3cc(C(=O)O)cn3)CC2)cc1C. The largest absolute Gasteiger partial charge is 0.496 e. The number of likely N-dealkylation sites (tertiary alicyclic amines) is 1. The molecule has 2 aromatic rings. The fourth-order valence-electron chi connectivity index (χ4n) is 3.56. The third kappa shape index (κ3) is 3.42. The number of carboxylic acid groups (broad SMARTS) is 1. The molecule has 0 unspecified atom stereocenters. The maximum absolute atomic E-state index is 12.8. The van der Waals surface area contributed by atoms with E-state index in [1.54, 1.807) is 18.0 Å². The molecule has 26 heavy (non-hydrogen) atoms. The topological polar surface area (TPSA) is 84.7 Å². The molecule has 1 aromatic carbocycles. The van der Waals surface area contributed by atoms with Crippen LogP contribution in [0.15, 0.2) is 24.5 Å². The van der Waals surface area contributed by atoms with Crippen molar-refractivity contribution in [1.29, 1.82) is 0 Å². The molecule has 0 spiro atoms. The van der Waals surface area contributed by atoms with E-state index in [9.17, 15) is 9.59 Å². The van der Waals surface area contributed by atoms with Crippen molar-refractivity contribution in [3.05, 3.63) is 46.8 Å². The van der Waals surface area contributed by atoms with Crippen molar-refractivity contribution >= 4 is 11.9 Å². The summed E-state index contributed by atoms with van der Waals surface area (Å²) in [7, 11) is 1.63. The Morgan fingerprint density at radius 2 is 1.77 bits per heavy atom. The van der Waals surface area contributed by atoms with Gasteiger partial charge in [0.15, 0.2) is 0 Å². The molecule has 1 fully saturated rings. The number of ether oxygens (including phenoxy) is 1. The number of benzene rings is 1. The number of rotatable bonds is 4. The Morgan fingerprint density at radius 3 is 2.27 bits per heavy atom. The average molecular weight is 357 g/mol. The minimum absolute atomic E-state index is 0.0176. The van der Waals surface area contributed by atoms with E-state index in [4.69, 9.17) is 9.84 Å². The zero-order valence-electron chi connectivity index (χ0n) is 15.2. The maximum Gasteiger partial charge on any atom is 0.338 e. The standard InChI is InChI=1S/C19H23N3O4/c1-12-8-14(9-13(2)17(12)26-3)18(23)21-6-4-16(5-7-21)22-11-15(10-20-22)19(24)25/h8-11,16H,4-7H2,1-3H3,(H,24,25). The molecule has 0 atom stereocenters. The summed E-state index contributed by atoms with van der Waals surface area (Å²) in [6, 6.07) is 3.85. The van der Waals surface area contributed by atoms with Crippen molar-refractivity contribution in [2.75, 3.05) is 20.2 Å². The molecule has 0 radical (unpaired) electrons. The number of carboxylic acids is 1. The molecule has 1 aliphatic rings. The number of aryl methyl sites for hydroxylation is 2. The summed E-state index contributed by atoms with van der Waals surface area (Å²) in [6.07, 6.45) is 4.42. The molecule has 1 aliphatic heterocycles. The number of aromatic nitrogens is 2. The van der Waals surface area contributed by atoms with E-state index >= 15 is 0 Å². The van der Waals surface area contributed by atoms with E-state index in [1.165, 1.54) is 6.20 Å². The predicted octanol–water partition coefficient (Wildman–Crippen LogP) is 2.68. The molecular formula is C19H23N3O4. The minimum Gasteiger partial charge on any atom is -0.496 e. The van der Waals surface area contributed by atoms with Gasteiger partial charge >= 0.3 is 5.97 Å². The molecule has 1 N–H and O–H groups in total. The zero-order chi connectivity index (χ0) is 18.8. The molecule has 138 valence electrons. The first-order valence-electron chi connectivity index (χ1n) is 8.62. The number of aromatic carboxylic acids is 1. The van der Waals surface area contributed by atoms with Crippen LogP contribution in [-0.2, 0) is 0 Å². The number of amides is 1. The molecule has 2 heterocycles. The van der Waals surface area contributed by atoms with Gasteiger partial charge in [0.1, 0.15) is 5.75 Å². The van der Waals surface area contributed by atoms with E-state index < -0.39 is 5.97 Å². The van der Waals surface area contributed by atoms with Crippen LogP contribution in [0, 0.1) is 13.8 Å². The van der Waals surface area contributed by atoms with Crippen LogP contribution in [0.3, 0.4) is 0 Å². The second kappa shape index (κ2) is 7.19. The molecule has 7 heteroatoms. The highest BCUT2D eigenvalue weighted by Crippen LogP contribution is 2.27. The molecule has 1 aromatic heterocycles. The lowest BCUT2D eigenvalue weighted by Crippen LogP contribution is -2.39. The fraction of sp³-hybridized carbons (Fsp3) is 0.421. The number of hydrogen-bond acceptors (Lipinski definition) is 4. The lowest BCUT2D eigenvalue weighted by molar-refractivity contribution is 0.0688. The Labute approximate surface area is 152 Å². The van der Waals surface area contributed by atoms with Gasteiger partial charge in [0.2, 0.25) is 0 Å². The molecule has 0 bridgehead atoms. The van der Waals surface area contributed by atoms with Crippen LogP contribution in [0.1, 0.15) is 50.7 Å². The summed E-state index contributed by atoms with van der Waals surface area (Å²) in [5.74, 6) is -0.147. The Balaban J connectivity index is 1.67. The van der Waals surface area contributed by atoms with Gasteiger partial charge in [-0.2, -0.15) is 5.10 Å². The highest BCUT2D eigenvalue weighted by atomic mass is 16.5. The summed E-state index contributed by atoms with van der Waals surface area (Å²) < 4.78 is 7.06. The van der Waals surface area contributed by atoms with E-state index in [1.807, 2.05) is 30.9 Å². The fourth-order valence-corrected chi connectivity index (χ4v) is 3.56. The van der Waals surface area contributed by atoms with Crippen molar-refractivity contribution in [1.82, 2.24) is 14.7 Å². The average Bonchev–Trinajstić information content (AvgIpc) is 3.11. The predicted molar refractivity (Wildman–Crippen MR) is 95.8 cm³/mol. The van der Waals surface area contributed by atoms with Crippen molar-refractivity contribution in [3.63, 3.8) is 0 Å². The lowest BCUT2D eigenvalue weighted by atomic mass is 10.0. The number of methoxy groups -OCH3 is 1. The second-order valence-corrected chi connectivity index (χ2v) is 6.68. The van der Waals surface area contributed by atoms with E-state index in [0.717, 1.165) is 29.7 Å². The zero-order valence-corrected chi connectivity index (χ0v) is 15.2. The van der Waals surface area contributed by atoms with Crippen LogP contribution in [0.2, 0.25) is 0 Å². The summed E-state index contributed by atoms with van der Waals surface area (Å²) in [5, 5.41) is 13.2. The van der Waals surface area contributed by atoms with Gasteiger partial charge in [0.25, 0.3) is 5.91 Å². The minimum atomic E-state index is -0.978. The summed E-state index contributed by atoms with van der Waals surface area (Å²) >= 11 is 0. The Bertz CT molecular complexity index is 812. The number of piperidine rings is 1. The van der Waals surface area contributed by atoms with Crippen LogP contribution >= 0.6 is 0 Å². The van der Waals surface area contributed by atoms with E-state index in [-0.39, 0.29) is 17.5 Å². The molecular weight excluding hydrogens is 334 g/mol. The van der Waals surface area contributed by atoms with E-state index in [0.29, 0.717) is 18.7 Å². The third-order valence-corrected chi connectivity index (χ3v) is 4.89. The number of hydrogen-bond donors (Lipinski definition) is 1. The number of carbonyl (C=O) groups excluding carboxylic acids is 1. The van der Waals surface area contributed by atoms with Crippen molar-refractivity contribution in [2.45, 2.75) is 32.7 Å². The van der Waals surface area contributed by atoms with Gasteiger partial charge in [0.05, 0.1) is 24.9 Å². The molecule has 1 amide bonds. The van der Waals surface area contributed by atoms with Gasteiger partial charge in [-0.05, 0) is 49.9 Å². The van der Waals surface area contributed by atoms with Crippen LogP contribution < -0.4 is 4.74 Å². The Morgan fingerprint density at radius 1 is 1.15 bits per heavy atom. The van der Waals surface area contributed by atoms with Crippen molar-refractivity contribution < 1.29 is 19.4 Å². The van der Waals surface area contributed by atoms with Gasteiger partial charge in [-0.25, -0.2) is 4.79 Å². The van der Waals surface area contributed by atoms with Crippen molar-refractivity contribution in [2.24, 2.45) is 0 Å². The maximum atomic E-state index is 12.8. The van der Waals surface area contributed by atoms with Gasteiger partial charge in [-0.15, -0.1) is 0 Å². The van der Waals surface area contributed by atoms with Crippen LogP contribution in [-0.4, -0.2) is 51.9 Å². The van der Waals surface area contributed by atoms with Gasteiger partial charge in [0, 0.05) is 24.8 Å². The monoisotopic (exact) mass is 357 g/mol. The van der Waals surface area contributed by atoms with Gasteiger partial charge < -0.3 is 14.7 Å². The second-order valence-electron chi connectivity index (χ2n) is 6.68. The normalized spacial score (nSPS) is 15.1. The van der Waals surface area contributed by atoms with E-state index in [2.05, 4.69) is 5.10 Å². The Hall–Kier alpha value is -2.83. The lowest BCUT2D eigenvalue weighted by Gasteiger charge is -2.32. The summed E-state index contributed by atoms with van der Waals surface area (Å²) in [5.41, 5.74) is 2.76. The third-order valence-electron chi connectivity index (χ3n) is 4.89. The van der Waals surface area contributed by atoms with Gasteiger partial charge in [-0.1, -0.05) is 0 Å². The quantitative estimate of drug-likeness (QED) is 0.909. The number of carbonyl (C=O) groups is 2. The van der Waals surface area contributed by atoms with Gasteiger partial charge in [-0.3, -0.25) is 9.48 Å². The number of nitrogens with zero attached hydrogens (tertiary/aromatic N) is 3. The first kappa shape index (κ1) is 18.0. The van der Waals surface area contributed by atoms with Crippen molar-refractivity contribution in [3.8, 4) is 5.75 Å². The van der Waals surface area contributed by atoms with Crippen LogP contribution in [0.4, 0.5) is 0 Å². The summed E-state index contributed by atoms with van der Waals surface area (Å²) in [4.78, 5) is 25.7. The highest BCUT2D eigenvalue weighted by Gasteiger charge is 2.26. The first-order chi connectivity index (χ1) is 12.4. The molecule has 3 rings (SSSR count). The van der Waals surface area contributed by atoms with Crippen LogP contribution in [0.25, 0.3) is 0 Å². The van der Waals surface area contributed by atoms with Crippen LogP contribution in [0.5, 0.6) is 5.75 Å². The summed E-state index contributed by atoms with van der Waals surface area (Å²) in [6.45, 7) is 5.12. The smallest absolute Gasteiger partial charge is 0.338 e. The first-order valence-corrected chi connectivity index (χ1v) is 8.62. The molecule has 1 saturated heterocycles. The molecule has 0 aliphatic carbocycles. The molecule has 7 nitrogen and oxygen atoms in total. The Kier molecular flexibility index (Phi) is 4.97. The molecule has 0 saturated carbocycles. The highest BCUT2D eigenvalue weighted by molar-refractivity contribution is 5.95.